The predicted molar refractivity (Wildman–Crippen MR) is 121 cm³/mol. The highest BCUT2D eigenvalue weighted by atomic mass is 28.4. The van der Waals surface area contributed by atoms with E-state index in [0.29, 0.717) is 18.6 Å². The van der Waals surface area contributed by atoms with Gasteiger partial charge in [0.2, 0.25) is 0 Å². The van der Waals surface area contributed by atoms with Crippen LogP contribution in [-0.2, 0) is 11.2 Å². The summed E-state index contributed by atoms with van der Waals surface area (Å²) in [6.45, 7) is 13.7. The number of hydrogen-bond donors (Lipinski definition) is 1. The zero-order valence-corrected chi connectivity index (χ0v) is 19.7. The Morgan fingerprint density at radius 3 is 2.21 bits per heavy atom. The summed E-state index contributed by atoms with van der Waals surface area (Å²) in [5, 5.41) is 0.877. The molecule has 158 valence electrons. The third kappa shape index (κ3) is 4.89. The topological polar surface area (TPSA) is 38.3 Å². The van der Waals surface area contributed by atoms with E-state index in [-0.39, 0.29) is 17.0 Å². The van der Waals surface area contributed by atoms with Crippen LogP contribution in [0.5, 0.6) is 5.75 Å². The van der Waals surface area contributed by atoms with Crippen molar-refractivity contribution in [2.45, 2.75) is 72.4 Å². The molecule has 1 amide bonds. The average molecular weight is 416 g/mol. The van der Waals surface area contributed by atoms with E-state index in [2.05, 4.69) is 17.6 Å². The molecule has 0 aromatic heterocycles. The summed E-state index contributed by atoms with van der Waals surface area (Å²) in [5.74, 6) is 0.409. The van der Waals surface area contributed by atoms with Crippen molar-refractivity contribution in [2.24, 2.45) is 0 Å². The molecule has 0 aliphatic carbocycles. The largest absolute Gasteiger partial charge is 0.379 e. The zero-order chi connectivity index (χ0) is 21.8. The van der Waals surface area contributed by atoms with Crippen LogP contribution in [-0.4, -0.2) is 14.3 Å². The van der Waals surface area contributed by atoms with Crippen LogP contribution in [0.3, 0.4) is 0 Å². The molecular formula is C24H34FNO2Si. The number of amides is 1. The minimum absolute atomic E-state index is 0.0314. The van der Waals surface area contributed by atoms with Gasteiger partial charge >= 0.3 is 0 Å². The molecule has 2 rings (SSSR count). The Balaban J connectivity index is 2.66. The van der Waals surface area contributed by atoms with Gasteiger partial charge in [-0.1, -0.05) is 65.0 Å². The van der Waals surface area contributed by atoms with E-state index in [1.54, 1.807) is 6.92 Å². The lowest BCUT2D eigenvalue weighted by molar-refractivity contribution is -0.127. The molecule has 0 aliphatic rings. The first-order chi connectivity index (χ1) is 13.6. The van der Waals surface area contributed by atoms with Gasteiger partial charge in [-0.05, 0) is 52.9 Å². The van der Waals surface area contributed by atoms with Crippen molar-refractivity contribution in [2.75, 3.05) is 0 Å². The van der Waals surface area contributed by atoms with E-state index in [9.17, 15) is 4.79 Å². The molecule has 0 spiro atoms. The number of halogens is 1. The zero-order valence-electron chi connectivity index (χ0n) is 18.7. The maximum atomic E-state index is 16.5. The van der Waals surface area contributed by atoms with Gasteiger partial charge in [0, 0.05) is 18.4 Å². The van der Waals surface area contributed by atoms with Crippen molar-refractivity contribution in [3.63, 3.8) is 0 Å². The Morgan fingerprint density at radius 2 is 1.69 bits per heavy atom. The summed E-state index contributed by atoms with van der Waals surface area (Å²) < 4.78 is 16.5. The quantitative estimate of drug-likeness (QED) is 0.343. The molecule has 0 unspecified atom stereocenters. The summed E-state index contributed by atoms with van der Waals surface area (Å²) in [7, 11) is -3.24. The number of carbonyl (C=O) groups excluding carboxylic acids is 1. The minimum Gasteiger partial charge on any atom is -0.379 e. The summed E-state index contributed by atoms with van der Waals surface area (Å²) in [6.07, 6.45) is 0.962. The molecule has 3 nitrogen and oxygen atoms in total. The first-order valence-electron chi connectivity index (χ1n) is 10.4. The molecule has 0 saturated carbocycles. The molecule has 0 radical (unpaired) electrons. The fourth-order valence-corrected chi connectivity index (χ4v) is 8.01. The molecular weight excluding hydrogens is 381 g/mol. The van der Waals surface area contributed by atoms with Crippen LogP contribution in [0.4, 0.5) is 4.11 Å². The van der Waals surface area contributed by atoms with Gasteiger partial charge in [0.05, 0.1) is 0 Å². The second-order valence-electron chi connectivity index (χ2n) is 8.39. The van der Waals surface area contributed by atoms with Crippen molar-refractivity contribution in [1.82, 2.24) is 5.48 Å². The normalized spacial score (nSPS) is 11.8. The molecule has 2 aromatic rings. The fraction of sp³-hybridized carbons (Fsp3) is 0.458. The third-order valence-corrected chi connectivity index (χ3v) is 10.6. The Labute approximate surface area is 175 Å². The van der Waals surface area contributed by atoms with Crippen molar-refractivity contribution in [3.8, 4) is 5.75 Å². The highest BCUT2D eigenvalue weighted by Gasteiger charge is 2.46. The highest BCUT2D eigenvalue weighted by Crippen LogP contribution is 2.37. The molecule has 29 heavy (non-hydrogen) atoms. The molecule has 2 aromatic carbocycles. The maximum absolute atomic E-state index is 16.5. The van der Waals surface area contributed by atoms with Gasteiger partial charge in [-0.3, -0.25) is 4.79 Å². The molecule has 5 heteroatoms. The van der Waals surface area contributed by atoms with Gasteiger partial charge in [0.1, 0.15) is 0 Å². The van der Waals surface area contributed by atoms with E-state index in [1.165, 1.54) is 0 Å². The molecule has 1 N–H and O–H groups in total. The van der Waals surface area contributed by atoms with E-state index in [1.807, 2.05) is 65.8 Å². The van der Waals surface area contributed by atoms with Crippen LogP contribution in [0.25, 0.3) is 0 Å². The van der Waals surface area contributed by atoms with Crippen LogP contribution in [0.1, 0.15) is 63.3 Å². The summed E-state index contributed by atoms with van der Waals surface area (Å²) in [6, 6.07) is 12.0. The Hall–Kier alpha value is -2.14. The number of aryl methyl sites for hydroxylation is 1. The fourth-order valence-electron chi connectivity index (χ4n) is 4.12. The minimum atomic E-state index is -3.24. The van der Waals surface area contributed by atoms with Crippen LogP contribution in [0, 0.1) is 13.8 Å². The lowest BCUT2D eigenvalue weighted by Crippen LogP contribution is -2.52. The first kappa shape index (κ1) is 23.1. The molecule has 0 saturated heterocycles. The SMILES string of the molecule is CCC(=O)NOc1cc(C)c([Si](F)(C(C)C)C(C)C)c(C)c1Cc1ccccc1. The van der Waals surface area contributed by atoms with E-state index in [0.717, 1.165) is 27.4 Å². The van der Waals surface area contributed by atoms with Crippen molar-refractivity contribution in [3.05, 3.63) is 58.7 Å². The summed E-state index contributed by atoms with van der Waals surface area (Å²) in [4.78, 5) is 17.4. The summed E-state index contributed by atoms with van der Waals surface area (Å²) >= 11 is 0. The van der Waals surface area contributed by atoms with Crippen molar-refractivity contribution in [1.29, 1.82) is 0 Å². The van der Waals surface area contributed by atoms with Gasteiger partial charge in [0.25, 0.3) is 14.3 Å². The molecule has 0 aliphatic heterocycles. The highest BCUT2D eigenvalue weighted by molar-refractivity contribution is 6.89. The first-order valence-corrected chi connectivity index (χ1v) is 12.5. The standard InChI is InChI=1S/C24H34FNO2Si/c1-8-23(27)26-28-22-14-18(6)24(29(25,16(2)3)17(4)5)19(7)21(22)15-20-12-10-9-11-13-20/h9-14,16-17H,8,15H2,1-7H3,(H,26,27). The predicted octanol–water partition coefficient (Wildman–Crippen LogP) is 5.66. The van der Waals surface area contributed by atoms with Crippen LogP contribution in [0.2, 0.25) is 11.1 Å². The molecule has 0 bridgehead atoms. The van der Waals surface area contributed by atoms with Gasteiger partial charge in [-0.15, -0.1) is 0 Å². The third-order valence-electron chi connectivity index (χ3n) is 5.75. The lowest BCUT2D eigenvalue weighted by Gasteiger charge is -2.34. The molecule has 0 fully saturated rings. The van der Waals surface area contributed by atoms with Crippen LogP contribution < -0.4 is 15.5 Å². The van der Waals surface area contributed by atoms with E-state index in [4.69, 9.17) is 4.84 Å². The molecule has 0 heterocycles. The Bertz CT molecular complexity index is 842. The summed E-state index contributed by atoms with van der Waals surface area (Å²) in [5.41, 5.74) is 6.36. The van der Waals surface area contributed by atoms with Crippen LogP contribution in [0.15, 0.2) is 36.4 Å². The number of rotatable bonds is 8. The van der Waals surface area contributed by atoms with Gasteiger partial charge in [-0.25, -0.2) is 0 Å². The molecule has 0 atom stereocenters. The maximum Gasteiger partial charge on any atom is 0.283 e. The van der Waals surface area contributed by atoms with E-state index >= 15 is 4.11 Å². The van der Waals surface area contributed by atoms with Crippen molar-refractivity contribution < 1.29 is 13.7 Å². The number of benzene rings is 2. The number of carbonyl (C=O) groups is 1. The van der Waals surface area contributed by atoms with Crippen molar-refractivity contribution >= 4 is 19.5 Å². The number of nitrogens with one attached hydrogen (secondary N) is 1. The smallest absolute Gasteiger partial charge is 0.283 e. The lowest BCUT2D eigenvalue weighted by atomic mass is 9.97. The van der Waals surface area contributed by atoms with Gasteiger partial charge in [0.15, 0.2) is 5.75 Å². The second kappa shape index (κ2) is 9.57. The Morgan fingerprint density at radius 1 is 1.10 bits per heavy atom. The van der Waals surface area contributed by atoms with Gasteiger partial charge < -0.3 is 8.95 Å². The monoisotopic (exact) mass is 415 g/mol. The van der Waals surface area contributed by atoms with Crippen LogP contribution >= 0.6 is 0 Å². The Kier molecular flexibility index (Phi) is 7.64. The average Bonchev–Trinajstić information content (AvgIpc) is 2.68. The number of hydroxylamine groups is 1. The van der Waals surface area contributed by atoms with E-state index < -0.39 is 8.41 Å². The van der Waals surface area contributed by atoms with Gasteiger partial charge in [-0.2, -0.15) is 5.48 Å². The number of hydrogen-bond acceptors (Lipinski definition) is 2. The second-order valence-corrected chi connectivity index (χ2v) is 12.7.